The lowest BCUT2D eigenvalue weighted by Gasteiger charge is -2.59. The predicted octanol–water partition coefficient (Wildman–Crippen LogP) is 3.57. The highest BCUT2D eigenvalue weighted by Gasteiger charge is 2.53. The van der Waals surface area contributed by atoms with Gasteiger partial charge in [0.2, 0.25) is 0 Å². The minimum absolute atomic E-state index is 0.309. The van der Waals surface area contributed by atoms with Crippen molar-refractivity contribution in [3.8, 4) is 0 Å². The number of rotatable bonds is 2. The molecule has 0 saturated heterocycles. The Hall–Kier alpha value is -0.0800. The van der Waals surface area contributed by atoms with Crippen molar-refractivity contribution in [2.75, 3.05) is 0 Å². The molecule has 0 aromatic carbocycles. The number of fused-ring (bicyclic) bond motifs is 1. The number of aliphatic hydroxyl groups is 2. The van der Waals surface area contributed by atoms with E-state index in [9.17, 15) is 10.2 Å². The first-order valence-corrected chi connectivity index (χ1v) is 7.63. The maximum Gasteiger partial charge on any atom is 0.151 e. The van der Waals surface area contributed by atoms with Gasteiger partial charge in [0.25, 0.3) is 0 Å². The van der Waals surface area contributed by atoms with E-state index >= 15 is 0 Å². The molecule has 0 spiro atoms. The molecule has 2 saturated carbocycles. The zero-order valence-electron chi connectivity index (χ0n) is 12.4. The standard InChI is InChI=1S/C16H30O2/c1-11-6-7-13-15(2,3)8-5-9-16(13,4)12(11)10-14(17)18/h11-14,17-18H,5-10H2,1-4H3/t11-,12-,13?,16+/m0/s1. The molecule has 1 unspecified atom stereocenters. The fraction of sp³-hybridized carbons (Fsp3) is 1.00. The summed E-state index contributed by atoms with van der Waals surface area (Å²) < 4.78 is 0. The molecule has 0 heterocycles. The summed E-state index contributed by atoms with van der Waals surface area (Å²) in [7, 11) is 0. The van der Waals surface area contributed by atoms with Crippen LogP contribution in [0.15, 0.2) is 0 Å². The molecule has 0 amide bonds. The van der Waals surface area contributed by atoms with Crippen molar-refractivity contribution in [1.82, 2.24) is 0 Å². The van der Waals surface area contributed by atoms with Gasteiger partial charge in [0.1, 0.15) is 0 Å². The van der Waals surface area contributed by atoms with E-state index in [1.807, 2.05) is 0 Å². The van der Waals surface area contributed by atoms with E-state index in [0.717, 1.165) is 5.92 Å². The number of aliphatic hydroxyl groups excluding tert-OH is 1. The molecular weight excluding hydrogens is 224 g/mol. The topological polar surface area (TPSA) is 40.5 Å². The Bertz CT molecular complexity index is 297. The molecule has 2 rings (SSSR count). The molecule has 2 nitrogen and oxygen atoms in total. The summed E-state index contributed by atoms with van der Waals surface area (Å²) in [5, 5.41) is 18.8. The average Bonchev–Trinajstić information content (AvgIpc) is 2.22. The van der Waals surface area contributed by atoms with Crippen molar-refractivity contribution in [3.63, 3.8) is 0 Å². The summed E-state index contributed by atoms with van der Waals surface area (Å²) in [4.78, 5) is 0. The highest BCUT2D eigenvalue weighted by Crippen LogP contribution is 2.61. The Labute approximate surface area is 112 Å². The largest absolute Gasteiger partial charge is 0.368 e. The second-order valence-corrected chi connectivity index (χ2v) is 7.78. The zero-order chi connectivity index (χ0) is 13.6. The molecule has 4 atom stereocenters. The quantitative estimate of drug-likeness (QED) is 0.740. The summed E-state index contributed by atoms with van der Waals surface area (Å²) in [6.07, 6.45) is 5.88. The number of hydrogen-bond donors (Lipinski definition) is 2. The second-order valence-electron chi connectivity index (χ2n) is 7.78. The van der Waals surface area contributed by atoms with Crippen LogP contribution in [0.4, 0.5) is 0 Å². The van der Waals surface area contributed by atoms with Gasteiger partial charge in [-0.3, -0.25) is 0 Å². The summed E-state index contributed by atoms with van der Waals surface area (Å²) in [6, 6.07) is 0. The second kappa shape index (κ2) is 4.79. The summed E-state index contributed by atoms with van der Waals surface area (Å²) in [5.41, 5.74) is 0.731. The van der Waals surface area contributed by atoms with Crippen LogP contribution in [-0.4, -0.2) is 16.5 Å². The molecule has 0 aromatic rings. The number of hydrogen-bond acceptors (Lipinski definition) is 2. The maximum absolute atomic E-state index is 9.41. The van der Waals surface area contributed by atoms with Crippen molar-refractivity contribution in [3.05, 3.63) is 0 Å². The first-order chi connectivity index (χ1) is 8.27. The third kappa shape index (κ3) is 2.34. The molecule has 0 bridgehead atoms. The van der Waals surface area contributed by atoms with Gasteiger partial charge in [-0.1, -0.05) is 40.5 Å². The third-order valence-corrected chi connectivity index (χ3v) is 6.19. The Morgan fingerprint density at radius 1 is 1.11 bits per heavy atom. The maximum atomic E-state index is 9.41. The van der Waals surface area contributed by atoms with E-state index < -0.39 is 6.29 Å². The van der Waals surface area contributed by atoms with E-state index in [1.54, 1.807) is 0 Å². The van der Waals surface area contributed by atoms with Crippen LogP contribution < -0.4 is 0 Å². The molecular formula is C16H30O2. The zero-order valence-corrected chi connectivity index (χ0v) is 12.4. The van der Waals surface area contributed by atoms with Crippen LogP contribution >= 0.6 is 0 Å². The lowest BCUT2D eigenvalue weighted by Crippen LogP contribution is -2.51. The lowest BCUT2D eigenvalue weighted by atomic mass is 9.46. The summed E-state index contributed by atoms with van der Waals surface area (Å²) >= 11 is 0. The van der Waals surface area contributed by atoms with Crippen LogP contribution in [0, 0.1) is 28.6 Å². The Balaban J connectivity index is 2.28. The smallest absolute Gasteiger partial charge is 0.151 e. The van der Waals surface area contributed by atoms with Crippen LogP contribution in [-0.2, 0) is 0 Å². The molecule has 2 fully saturated rings. The third-order valence-electron chi connectivity index (χ3n) is 6.19. The van der Waals surface area contributed by atoms with Crippen molar-refractivity contribution in [2.45, 2.75) is 72.5 Å². The molecule has 2 N–H and O–H groups in total. The summed E-state index contributed by atoms with van der Waals surface area (Å²) in [5.74, 6) is 1.84. The van der Waals surface area contributed by atoms with Crippen molar-refractivity contribution < 1.29 is 10.2 Å². The molecule has 0 radical (unpaired) electrons. The molecule has 2 aliphatic rings. The van der Waals surface area contributed by atoms with Crippen LogP contribution in [0.5, 0.6) is 0 Å². The first-order valence-electron chi connectivity index (χ1n) is 7.63. The van der Waals surface area contributed by atoms with E-state index in [-0.39, 0.29) is 0 Å². The summed E-state index contributed by atoms with van der Waals surface area (Å²) in [6.45, 7) is 9.55. The van der Waals surface area contributed by atoms with Gasteiger partial charge < -0.3 is 10.2 Å². The lowest BCUT2D eigenvalue weighted by molar-refractivity contribution is -0.135. The highest BCUT2D eigenvalue weighted by atomic mass is 16.5. The Morgan fingerprint density at radius 2 is 1.78 bits per heavy atom. The minimum Gasteiger partial charge on any atom is -0.368 e. The van der Waals surface area contributed by atoms with Crippen LogP contribution in [0.1, 0.15) is 66.2 Å². The van der Waals surface area contributed by atoms with E-state index in [4.69, 9.17) is 0 Å². The van der Waals surface area contributed by atoms with E-state index in [1.165, 1.54) is 32.1 Å². The predicted molar refractivity (Wildman–Crippen MR) is 74.0 cm³/mol. The van der Waals surface area contributed by atoms with Crippen LogP contribution in [0.25, 0.3) is 0 Å². The molecule has 2 aliphatic carbocycles. The Morgan fingerprint density at radius 3 is 2.39 bits per heavy atom. The molecule has 0 aromatic heterocycles. The van der Waals surface area contributed by atoms with Crippen molar-refractivity contribution >= 4 is 0 Å². The van der Waals surface area contributed by atoms with Gasteiger partial charge in [-0.15, -0.1) is 0 Å². The monoisotopic (exact) mass is 254 g/mol. The fourth-order valence-electron chi connectivity index (χ4n) is 5.34. The van der Waals surface area contributed by atoms with Gasteiger partial charge in [-0.2, -0.15) is 0 Å². The van der Waals surface area contributed by atoms with Gasteiger partial charge in [0.15, 0.2) is 6.29 Å². The van der Waals surface area contributed by atoms with Gasteiger partial charge in [0, 0.05) is 6.42 Å². The fourth-order valence-corrected chi connectivity index (χ4v) is 5.34. The molecule has 106 valence electrons. The minimum atomic E-state index is -1.14. The van der Waals surface area contributed by atoms with Crippen molar-refractivity contribution in [1.29, 1.82) is 0 Å². The average molecular weight is 254 g/mol. The van der Waals surface area contributed by atoms with Gasteiger partial charge in [0.05, 0.1) is 0 Å². The van der Waals surface area contributed by atoms with Crippen LogP contribution in [0.3, 0.4) is 0 Å². The first kappa shape index (κ1) is 14.3. The van der Waals surface area contributed by atoms with Gasteiger partial charge >= 0.3 is 0 Å². The van der Waals surface area contributed by atoms with Crippen LogP contribution in [0.2, 0.25) is 0 Å². The van der Waals surface area contributed by atoms with Crippen molar-refractivity contribution in [2.24, 2.45) is 28.6 Å². The Kier molecular flexibility index (Phi) is 3.81. The molecule has 18 heavy (non-hydrogen) atoms. The molecule has 2 heteroatoms. The van der Waals surface area contributed by atoms with Gasteiger partial charge in [-0.25, -0.2) is 0 Å². The van der Waals surface area contributed by atoms with E-state index in [2.05, 4.69) is 27.7 Å². The van der Waals surface area contributed by atoms with E-state index in [0.29, 0.717) is 29.1 Å². The highest BCUT2D eigenvalue weighted by molar-refractivity contribution is 5.02. The SMILES string of the molecule is C[C@H]1CCC2C(C)(C)CCC[C@]2(C)[C@H]1CC(O)O. The molecule has 0 aliphatic heterocycles. The van der Waals surface area contributed by atoms with Gasteiger partial charge in [-0.05, 0) is 47.8 Å². The normalized spacial score (nSPS) is 43.8.